The van der Waals surface area contributed by atoms with Crippen molar-refractivity contribution in [2.45, 2.75) is 49.9 Å². The van der Waals surface area contributed by atoms with E-state index in [0.717, 1.165) is 50.1 Å². The topological polar surface area (TPSA) is 56.3 Å². The lowest BCUT2D eigenvalue weighted by atomic mass is 9.73. The van der Waals surface area contributed by atoms with Crippen molar-refractivity contribution in [3.05, 3.63) is 109 Å². The average Bonchev–Trinajstić information content (AvgIpc) is 3.12. The minimum absolute atomic E-state index is 0.0320. The zero-order valence-electron chi connectivity index (χ0n) is 26.5. The Morgan fingerprint density at radius 3 is 1.59 bits per heavy atom. The molecule has 0 saturated carbocycles. The number of thiocarbonyl (C=S) groups is 1. The van der Waals surface area contributed by atoms with Gasteiger partial charge in [-0.15, -0.1) is 13.2 Å². The van der Waals surface area contributed by atoms with Crippen LogP contribution in [0.2, 0.25) is 0 Å². The Balaban J connectivity index is 1.15. The molecule has 0 radical (unpaired) electrons. The van der Waals surface area contributed by atoms with Crippen LogP contribution in [0.25, 0.3) is 21.8 Å². The number of hydrogen-bond donors (Lipinski definition) is 2. The third-order valence-corrected chi connectivity index (χ3v) is 11.9. The van der Waals surface area contributed by atoms with E-state index in [1.807, 2.05) is 12.4 Å². The lowest BCUT2D eigenvalue weighted by Crippen LogP contribution is -2.60. The van der Waals surface area contributed by atoms with E-state index in [9.17, 15) is 0 Å². The summed E-state index contributed by atoms with van der Waals surface area (Å²) in [4.78, 5) is 14.8. The third kappa shape index (κ3) is 5.32. The van der Waals surface area contributed by atoms with E-state index in [-0.39, 0.29) is 12.1 Å². The summed E-state index contributed by atoms with van der Waals surface area (Å²) in [6, 6.07) is 22.2. The van der Waals surface area contributed by atoms with E-state index in [2.05, 4.69) is 106 Å². The molecule has 6 saturated heterocycles. The van der Waals surface area contributed by atoms with Gasteiger partial charge in [-0.3, -0.25) is 19.8 Å². The number of para-hydroxylation sites is 2. The molecular weight excluding hydrogens is 585 g/mol. The summed E-state index contributed by atoms with van der Waals surface area (Å²) in [5.41, 5.74) is 4.58. The van der Waals surface area contributed by atoms with Crippen molar-refractivity contribution >= 4 is 39.1 Å². The minimum atomic E-state index is 0.0320. The van der Waals surface area contributed by atoms with Crippen molar-refractivity contribution in [2.75, 3.05) is 26.2 Å². The molecule has 8 heterocycles. The monoisotopic (exact) mass is 628 g/mol. The van der Waals surface area contributed by atoms with Gasteiger partial charge >= 0.3 is 0 Å². The highest BCUT2D eigenvalue weighted by Gasteiger charge is 2.45. The van der Waals surface area contributed by atoms with Crippen molar-refractivity contribution < 1.29 is 0 Å². The quantitative estimate of drug-likeness (QED) is 0.164. The highest BCUT2D eigenvalue weighted by Crippen LogP contribution is 2.44. The largest absolute Gasteiger partial charge is 0.354 e. The van der Waals surface area contributed by atoms with E-state index >= 15 is 0 Å². The summed E-state index contributed by atoms with van der Waals surface area (Å²) in [7, 11) is 0. The Bertz CT molecular complexity index is 1630. The molecule has 0 amide bonds. The molecule has 0 spiro atoms. The number of aromatic nitrogens is 2. The van der Waals surface area contributed by atoms with Gasteiger partial charge in [-0.05, 0) is 110 Å². The van der Waals surface area contributed by atoms with Crippen molar-refractivity contribution in [3.8, 4) is 0 Å². The molecule has 4 bridgehead atoms. The van der Waals surface area contributed by atoms with Gasteiger partial charge in [0.15, 0.2) is 5.11 Å². The lowest BCUT2D eigenvalue weighted by Gasteiger charge is -2.52. The predicted molar refractivity (Wildman–Crippen MR) is 191 cm³/mol. The maximum absolute atomic E-state index is 6.33. The summed E-state index contributed by atoms with van der Waals surface area (Å²) in [6.07, 6.45) is 13.0. The first-order valence-corrected chi connectivity index (χ1v) is 17.5. The van der Waals surface area contributed by atoms with E-state index < -0.39 is 0 Å². The fourth-order valence-corrected chi connectivity index (χ4v) is 9.57. The smallest absolute Gasteiger partial charge is 0.167 e. The maximum atomic E-state index is 6.33. The molecule has 2 N–H and O–H groups in total. The second kappa shape index (κ2) is 12.5. The molecule has 10 rings (SSSR count). The van der Waals surface area contributed by atoms with Crippen LogP contribution in [0.3, 0.4) is 0 Å². The van der Waals surface area contributed by atoms with Crippen LogP contribution in [-0.4, -0.2) is 63.1 Å². The third-order valence-electron chi connectivity index (χ3n) is 11.7. The zero-order valence-corrected chi connectivity index (χ0v) is 27.3. The van der Waals surface area contributed by atoms with Gasteiger partial charge in [0.2, 0.25) is 0 Å². The molecule has 46 heavy (non-hydrogen) atoms. The first kappa shape index (κ1) is 29.7. The second-order valence-corrected chi connectivity index (χ2v) is 14.3. The van der Waals surface area contributed by atoms with E-state index in [0.29, 0.717) is 40.9 Å². The molecule has 2 unspecified atom stereocenters. The van der Waals surface area contributed by atoms with Gasteiger partial charge in [-0.25, -0.2) is 0 Å². The Morgan fingerprint density at radius 1 is 0.717 bits per heavy atom. The van der Waals surface area contributed by atoms with Gasteiger partial charge in [0.1, 0.15) is 0 Å². The first-order chi connectivity index (χ1) is 22.6. The molecule has 0 aliphatic carbocycles. The van der Waals surface area contributed by atoms with Gasteiger partial charge in [-0.1, -0.05) is 48.6 Å². The first-order valence-electron chi connectivity index (χ1n) is 17.1. The molecule has 6 aliphatic heterocycles. The van der Waals surface area contributed by atoms with Crippen LogP contribution in [-0.2, 0) is 0 Å². The van der Waals surface area contributed by atoms with E-state index in [1.165, 1.54) is 34.7 Å². The number of hydrogen-bond acceptors (Lipinski definition) is 5. The molecule has 2 aromatic carbocycles. The van der Waals surface area contributed by atoms with Crippen LogP contribution in [0, 0.1) is 23.7 Å². The van der Waals surface area contributed by atoms with Crippen LogP contribution in [0.4, 0.5) is 0 Å². The number of nitrogens with zero attached hydrogens (tertiary/aromatic N) is 4. The number of benzene rings is 2. The van der Waals surface area contributed by atoms with E-state index in [4.69, 9.17) is 22.2 Å². The van der Waals surface area contributed by atoms with Crippen molar-refractivity contribution in [2.24, 2.45) is 23.7 Å². The molecule has 6 aliphatic rings. The van der Waals surface area contributed by atoms with Gasteiger partial charge < -0.3 is 10.6 Å². The summed E-state index contributed by atoms with van der Waals surface area (Å²) in [5, 5.41) is 11.0. The minimum Gasteiger partial charge on any atom is -0.354 e. The average molecular weight is 629 g/mol. The van der Waals surface area contributed by atoms with Crippen molar-refractivity contribution in [1.29, 1.82) is 0 Å². The fourth-order valence-electron chi connectivity index (χ4n) is 9.31. The summed E-state index contributed by atoms with van der Waals surface area (Å²) < 4.78 is 0. The molecule has 7 heteroatoms. The molecule has 4 aromatic rings. The lowest BCUT2D eigenvalue weighted by molar-refractivity contribution is 0.00189. The van der Waals surface area contributed by atoms with Crippen LogP contribution in [0.1, 0.15) is 48.9 Å². The fraction of sp³-hybridized carbons (Fsp3) is 0.410. The van der Waals surface area contributed by atoms with Gasteiger partial charge in [-0.2, -0.15) is 0 Å². The van der Waals surface area contributed by atoms with Crippen molar-refractivity contribution in [1.82, 2.24) is 30.4 Å². The summed E-state index contributed by atoms with van der Waals surface area (Å²) >= 11 is 6.33. The van der Waals surface area contributed by atoms with E-state index in [1.54, 1.807) is 0 Å². The zero-order chi connectivity index (χ0) is 31.2. The number of rotatable bonds is 8. The normalized spacial score (nSPS) is 31.3. The summed E-state index contributed by atoms with van der Waals surface area (Å²) in [5.74, 6) is 2.44. The maximum Gasteiger partial charge on any atom is 0.167 e. The molecule has 10 atom stereocenters. The van der Waals surface area contributed by atoms with Crippen molar-refractivity contribution in [3.63, 3.8) is 0 Å². The molecule has 2 aromatic heterocycles. The Hall–Kier alpha value is -3.65. The second-order valence-electron chi connectivity index (χ2n) is 13.9. The molecule has 6 fully saturated rings. The highest BCUT2D eigenvalue weighted by molar-refractivity contribution is 7.80. The standard InChI is InChI=1S/C39H44N6S/c1-3-25-23-44-19-15-27(25)21-35(44)37(31-13-17-40-33-11-7-5-9-29(31)33)42-39(46)43-38(32-14-18-41-34-12-8-6-10-30(32)34)36-22-28-16-20-45(36)24-26(28)4-2/h3-14,17-18,25-28,35-38H,1-2,15-16,19-24H2,(H2,42,43,46)/t25-,26-,27-,28-,35-,36-,37-,38-/m0/s1. The Kier molecular flexibility index (Phi) is 8.09. The Labute approximate surface area is 278 Å². The number of nitrogens with one attached hydrogen (secondary N) is 2. The van der Waals surface area contributed by atoms with Gasteiger partial charge in [0.05, 0.1) is 23.1 Å². The number of fused-ring (bicyclic) bond motifs is 8. The van der Waals surface area contributed by atoms with Gasteiger partial charge in [0, 0.05) is 48.3 Å². The number of piperidine rings is 6. The summed E-state index contributed by atoms with van der Waals surface area (Å²) in [6.45, 7) is 12.7. The van der Waals surface area contributed by atoms with Crippen LogP contribution in [0.15, 0.2) is 98.4 Å². The van der Waals surface area contributed by atoms with Crippen LogP contribution < -0.4 is 10.6 Å². The molecular formula is C39H44N6S. The highest BCUT2D eigenvalue weighted by atomic mass is 32.1. The molecule has 6 nitrogen and oxygen atoms in total. The Morgan fingerprint density at radius 2 is 1.17 bits per heavy atom. The predicted octanol–water partition coefficient (Wildman–Crippen LogP) is 6.82. The molecule has 236 valence electrons. The van der Waals surface area contributed by atoms with Gasteiger partial charge in [0.25, 0.3) is 0 Å². The number of pyridine rings is 2. The van der Waals surface area contributed by atoms with Crippen LogP contribution >= 0.6 is 12.2 Å². The van der Waals surface area contributed by atoms with Crippen LogP contribution in [0.5, 0.6) is 0 Å². The SMILES string of the molecule is C=C[C@H]1CN2CC[C@H]1C[C@H]2[C@@H](NC(=S)N[C@@H](c1ccnc2ccccc12)[C@@H]1C[C@@H]2CCN1C[C@@H]2C=C)c1ccnc2ccccc12.